The van der Waals surface area contributed by atoms with E-state index < -0.39 is 0 Å². The van der Waals surface area contributed by atoms with Gasteiger partial charge in [0.15, 0.2) is 11.6 Å². The molecule has 2 fully saturated rings. The number of Topliss-reactive ketones (excluding diaryl/α,β-unsaturated/α-hetero) is 2. The summed E-state index contributed by atoms with van der Waals surface area (Å²) in [5.74, 6) is 0.360. The summed E-state index contributed by atoms with van der Waals surface area (Å²) in [6, 6.07) is 41.5. The van der Waals surface area contributed by atoms with Crippen molar-refractivity contribution in [3.63, 3.8) is 0 Å². The Hall–Kier alpha value is -5.70. The van der Waals surface area contributed by atoms with Crippen molar-refractivity contribution in [2.45, 2.75) is 55.4 Å². The van der Waals surface area contributed by atoms with Crippen LogP contribution in [0.1, 0.15) is 77.6 Å². The Morgan fingerprint density at radius 1 is 0.344 bits per heavy atom. The first-order valence-electron chi connectivity index (χ1n) is 23.7. The molecule has 2 heterocycles. The van der Waals surface area contributed by atoms with E-state index in [0.29, 0.717) is 26.2 Å². The largest absolute Gasteiger partial charge is 0.371 e. The lowest BCUT2D eigenvalue weighted by atomic mass is 9.90. The number of likely N-dealkylation sites (N-methyl/N-ethyl adjacent to an activating group) is 2. The van der Waals surface area contributed by atoms with Crippen molar-refractivity contribution < 1.29 is 9.59 Å². The Labute approximate surface area is 385 Å². The lowest BCUT2D eigenvalue weighted by molar-refractivity contribution is -0.114. The molecule has 0 unspecified atom stereocenters. The second kappa shape index (κ2) is 24.4. The van der Waals surface area contributed by atoms with Crippen LogP contribution in [-0.2, 0) is 9.59 Å². The predicted molar refractivity (Wildman–Crippen MR) is 270 cm³/mol. The van der Waals surface area contributed by atoms with E-state index >= 15 is 0 Å². The topological polar surface area (TPSA) is 53.6 Å². The number of nitrogens with zero attached hydrogens (tertiary/aromatic N) is 6. The molecule has 0 bridgehead atoms. The van der Waals surface area contributed by atoms with Crippen LogP contribution in [0.4, 0.5) is 0 Å². The SMILES string of the molecule is CCN(CC)C(=C1CN(C)CC(=C(c2ccccc2)N(CC)CC)C1=O)c1ccccc1.CCN(CC)C(=C1CN(C)CC(=C(c2ccccc2)N(CC)CC)C1=O)c1ccccc1. The molecule has 2 saturated heterocycles. The minimum atomic E-state index is 0.180. The number of ketones is 2. The lowest BCUT2D eigenvalue weighted by Gasteiger charge is -2.35. The molecule has 4 aromatic rings. The van der Waals surface area contributed by atoms with E-state index in [9.17, 15) is 9.59 Å². The average Bonchev–Trinajstić information content (AvgIpc) is 3.33. The fourth-order valence-corrected chi connectivity index (χ4v) is 9.31. The molecule has 0 spiro atoms. The quantitative estimate of drug-likeness (QED) is 0.103. The Morgan fingerprint density at radius 2 is 0.516 bits per heavy atom. The maximum absolute atomic E-state index is 14.2. The lowest BCUT2D eigenvalue weighted by Crippen LogP contribution is -2.39. The molecule has 4 aromatic carbocycles. The minimum absolute atomic E-state index is 0.180. The fraction of sp³-hybridized carbons (Fsp3) is 0.393. The van der Waals surface area contributed by atoms with Crippen molar-refractivity contribution in [2.24, 2.45) is 0 Å². The van der Waals surface area contributed by atoms with Gasteiger partial charge in [-0.05, 0) is 91.7 Å². The maximum atomic E-state index is 14.2. The summed E-state index contributed by atoms with van der Waals surface area (Å²) in [6.45, 7) is 26.8. The van der Waals surface area contributed by atoms with Crippen molar-refractivity contribution in [1.82, 2.24) is 29.4 Å². The van der Waals surface area contributed by atoms with Crippen molar-refractivity contribution in [1.29, 1.82) is 0 Å². The van der Waals surface area contributed by atoms with Gasteiger partial charge in [0.25, 0.3) is 0 Å². The van der Waals surface area contributed by atoms with Crippen LogP contribution in [0.2, 0.25) is 0 Å². The Kier molecular flexibility index (Phi) is 18.8. The number of piperidine rings is 2. The smallest absolute Gasteiger partial charge is 0.191 e. The van der Waals surface area contributed by atoms with Crippen LogP contribution >= 0.6 is 0 Å². The Balaban J connectivity index is 0.000000241. The van der Waals surface area contributed by atoms with E-state index in [1.165, 1.54) is 0 Å². The summed E-state index contributed by atoms with van der Waals surface area (Å²) in [7, 11) is 4.23. The number of hydrogen-bond acceptors (Lipinski definition) is 8. The molecule has 0 aromatic heterocycles. The predicted octanol–water partition coefficient (Wildman–Crippen LogP) is 10.0. The molecular weight excluding hydrogens is 789 g/mol. The maximum Gasteiger partial charge on any atom is 0.191 e. The molecule has 64 heavy (non-hydrogen) atoms. The van der Waals surface area contributed by atoms with Gasteiger partial charge in [-0.25, -0.2) is 0 Å². The van der Waals surface area contributed by atoms with Crippen LogP contribution in [0, 0.1) is 0 Å². The van der Waals surface area contributed by atoms with Gasteiger partial charge in [-0.3, -0.25) is 19.4 Å². The summed E-state index contributed by atoms with van der Waals surface area (Å²) in [5, 5.41) is 0. The molecule has 8 nitrogen and oxygen atoms in total. The van der Waals surface area contributed by atoms with E-state index in [2.05, 4.69) is 196 Å². The molecule has 0 radical (unpaired) electrons. The van der Waals surface area contributed by atoms with Gasteiger partial charge in [-0.15, -0.1) is 0 Å². The summed E-state index contributed by atoms with van der Waals surface area (Å²) < 4.78 is 0. The van der Waals surface area contributed by atoms with E-state index in [4.69, 9.17) is 0 Å². The third kappa shape index (κ3) is 11.5. The third-order valence-electron chi connectivity index (χ3n) is 12.5. The average molecular weight is 863 g/mol. The monoisotopic (exact) mass is 863 g/mol. The molecule has 6 rings (SSSR count). The van der Waals surface area contributed by atoms with Crippen LogP contribution in [0.5, 0.6) is 0 Å². The highest BCUT2D eigenvalue weighted by atomic mass is 16.1. The third-order valence-corrected chi connectivity index (χ3v) is 12.5. The van der Waals surface area contributed by atoms with Gasteiger partial charge in [-0.1, -0.05) is 121 Å². The molecule has 0 N–H and O–H groups in total. The summed E-state index contributed by atoms with van der Waals surface area (Å²) in [5.41, 5.74) is 12.3. The molecule has 0 saturated carbocycles. The van der Waals surface area contributed by atoms with Gasteiger partial charge < -0.3 is 19.6 Å². The first-order chi connectivity index (χ1) is 31.1. The normalized spacial score (nSPS) is 17.8. The first kappa shape index (κ1) is 49.3. The van der Waals surface area contributed by atoms with Crippen LogP contribution in [-0.4, -0.2) is 134 Å². The van der Waals surface area contributed by atoms with Crippen molar-refractivity contribution in [3.8, 4) is 0 Å². The summed E-state index contributed by atoms with van der Waals surface area (Å²) >= 11 is 0. The second-order valence-corrected chi connectivity index (χ2v) is 16.5. The molecule has 2 aliphatic rings. The van der Waals surface area contributed by atoms with Crippen molar-refractivity contribution >= 4 is 34.4 Å². The molecule has 0 aliphatic carbocycles. The number of carbonyl (C=O) groups excluding carboxylic acids is 2. The summed E-state index contributed by atoms with van der Waals surface area (Å²) in [6.07, 6.45) is 0. The molecule has 8 heteroatoms. The fourth-order valence-electron chi connectivity index (χ4n) is 9.31. The van der Waals surface area contributed by atoms with Crippen molar-refractivity contribution in [3.05, 3.63) is 166 Å². The van der Waals surface area contributed by atoms with Crippen LogP contribution in [0.25, 0.3) is 22.8 Å². The van der Waals surface area contributed by atoms with E-state index in [-0.39, 0.29) is 11.6 Å². The summed E-state index contributed by atoms with van der Waals surface area (Å²) in [4.78, 5) is 42.2. The highest BCUT2D eigenvalue weighted by molar-refractivity contribution is 6.18. The van der Waals surface area contributed by atoms with E-state index in [0.717, 1.165) is 120 Å². The zero-order chi connectivity index (χ0) is 46.2. The number of hydrogen-bond donors (Lipinski definition) is 0. The number of rotatable bonds is 16. The first-order valence-corrected chi connectivity index (χ1v) is 23.7. The zero-order valence-electron chi connectivity index (χ0n) is 40.5. The van der Waals surface area contributed by atoms with E-state index in [1.54, 1.807) is 0 Å². The Morgan fingerprint density at radius 3 is 0.672 bits per heavy atom. The molecule has 2 aliphatic heterocycles. The molecule has 0 amide bonds. The highest BCUT2D eigenvalue weighted by Gasteiger charge is 2.34. The number of carbonyl (C=O) groups is 2. The van der Waals surface area contributed by atoms with Gasteiger partial charge in [0, 0.05) is 101 Å². The highest BCUT2D eigenvalue weighted by Crippen LogP contribution is 2.35. The van der Waals surface area contributed by atoms with Crippen LogP contribution in [0.15, 0.2) is 144 Å². The van der Waals surface area contributed by atoms with Crippen molar-refractivity contribution in [2.75, 3.05) is 92.6 Å². The van der Waals surface area contributed by atoms with Gasteiger partial charge >= 0.3 is 0 Å². The molecule has 0 atom stereocenters. The van der Waals surface area contributed by atoms with E-state index in [1.807, 2.05) is 24.3 Å². The zero-order valence-corrected chi connectivity index (χ0v) is 40.5. The number of benzene rings is 4. The standard InChI is InChI=1S/2C28H37N3O/c2*1-6-30(7-2)26(22-16-12-10-13-17-22)24-20-29(5)21-25(28(24)32)27(31(8-3)9-4)23-18-14-11-15-19-23/h2*10-19H,6-9,20-21H2,1-5H3. The molecular formula is C56H74N6O2. The Bertz CT molecular complexity index is 1920. The second-order valence-electron chi connectivity index (χ2n) is 16.5. The minimum Gasteiger partial charge on any atom is -0.371 e. The van der Waals surface area contributed by atoms with Crippen LogP contribution < -0.4 is 0 Å². The van der Waals surface area contributed by atoms with Gasteiger partial charge in [0.05, 0.1) is 22.8 Å². The number of likely N-dealkylation sites (tertiary alicyclic amines) is 2. The molecule has 340 valence electrons. The van der Waals surface area contributed by atoms with Gasteiger partial charge in [0.2, 0.25) is 0 Å². The van der Waals surface area contributed by atoms with Gasteiger partial charge in [0.1, 0.15) is 0 Å². The van der Waals surface area contributed by atoms with Crippen LogP contribution in [0.3, 0.4) is 0 Å². The van der Waals surface area contributed by atoms with Gasteiger partial charge in [-0.2, -0.15) is 0 Å².